The van der Waals surface area contributed by atoms with Gasteiger partial charge in [0.2, 0.25) is 0 Å². The minimum atomic E-state index is 1.04. The van der Waals surface area contributed by atoms with E-state index in [1.165, 1.54) is 29.6 Å². The van der Waals surface area contributed by atoms with E-state index in [0.29, 0.717) is 0 Å². The molecule has 0 saturated heterocycles. The van der Waals surface area contributed by atoms with E-state index in [1.54, 1.807) is 0 Å². The van der Waals surface area contributed by atoms with Crippen LogP contribution in [0.1, 0.15) is 60.3 Å². The Kier molecular flexibility index (Phi) is 7.59. The first-order chi connectivity index (χ1) is 6.97. The van der Waals surface area contributed by atoms with E-state index in [1.807, 2.05) is 6.92 Å². The van der Waals surface area contributed by atoms with Crippen molar-refractivity contribution in [3.05, 3.63) is 22.8 Å². The topological polar surface area (TPSA) is 0 Å². The molecular weight excluding hydrogens is 200 g/mol. The van der Waals surface area contributed by atoms with Gasteiger partial charge in [-0.05, 0) is 51.8 Å². The molecule has 0 aromatic heterocycles. The summed E-state index contributed by atoms with van der Waals surface area (Å²) in [7, 11) is 0. The van der Waals surface area contributed by atoms with Gasteiger partial charge in [0.15, 0.2) is 0 Å². The van der Waals surface area contributed by atoms with E-state index in [-0.39, 0.29) is 0 Å². The Balaban J connectivity index is 4.33. The molecule has 0 aromatic carbocycles. The molecule has 0 radical (unpaired) electrons. The summed E-state index contributed by atoms with van der Waals surface area (Å²) >= 11 is 5.08. The fraction of sp³-hybridized carbons (Fsp3) is 0.643. The fourth-order valence-corrected chi connectivity index (χ4v) is 1.61. The first-order valence-corrected chi connectivity index (χ1v) is 6.21. The highest BCUT2D eigenvalue weighted by atomic mass is 32.1. The normalized spacial score (nSPS) is 13.8. The molecule has 0 aliphatic rings. The second-order valence-electron chi connectivity index (χ2n) is 4.41. The molecule has 0 aromatic rings. The second kappa shape index (κ2) is 7.81. The molecule has 0 unspecified atom stereocenters. The molecule has 0 atom stereocenters. The van der Waals surface area contributed by atoms with Crippen LogP contribution < -0.4 is 0 Å². The van der Waals surface area contributed by atoms with E-state index in [0.717, 1.165) is 17.7 Å². The van der Waals surface area contributed by atoms with Gasteiger partial charge in [-0.1, -0.05) is 48.4 Å². The molecule has 0 rings (SSSR count). The van der Waals surface area contributed by atoms with Crippen LogP contribution in [0.4, 0.5) is 0 Å². The largest absolute Gasteiger partial charge is 0.0900 e. The van der Waals surface area contributed by atoms with Crippen molar-refractivity contribution in [2.45, 2.75) is 60.3 Å². The lowest BCUT2D eigenvalue weighted by Crippen LogP contribution is -1.88. The lowest BCUT2D eigenvalue weighted by Gasteiger charge is -2.05. The van der Waals surface area contributed by atoms with E-state index >= 15 is 0 Å². The molecule has 0 N–H and O–H groups in total. The van der Waals surface area contributed by atoms with Crippen LogP contribution >= 0.6 is 12.2 Å². The summed E-state index contributed by atoms with van der Waals surface area (Å²) in [5.41, 5.74) is 4.37. The summed E-state index contributed by atoms with van der Waals surface area (Å²) < 4.78 is 0. The van der Waals surface area contributed by atoms with Crippen molar-refractivity contribution >= 4 is 17.1 Å². The first kappa shape index (κ1) is 14.6. The molecule has 86 valence electrons. The molecule has 0 bridgehead atoms. The van der Waals surface area contributed by atoms with Gasteiger partial charge in [-0.3, -0.25) is 0 Å². The zero-order chi connectivity index (χ0) is 11.8. The minimum absolute atomic E-state index is 1.04. The van der Waals surface area contributed by atoms with Crippen molar-refractivity contribution in [2.75, 3.05) is 0 Å². The van der Waals surface area contributed by atoms with E-state index in [9.17, 15) is 0 Å². The maximum atomic E-state index is 5.08. The molecule has 0 heterocycles. The van der Waals surface area contributed by atoms with Crippen LogP contribution in [0.3, 0.4) is 0 Å². The van der Waals surface area contributed by atoms with Gasteiger partial charge >= 0.3 is 0 Å². The third kappa shape index (κ3) is 7.49. The summed E-state index contributed by atoms with van der Waals surface area (Å²) in [5.74, 6) is 0. The molecular formula is C14H24S. The molecule has 0 fully saturated rings. The molecule has 0 spiro atoms. The summed E-state index contributed by atoms with van der Waals surface area (Å²) in [6.07, 6.45) is 6.89. The van der Waals surface area contributed by atoms with E-state index < -0.39 is 0 Å². The zero-order valence-corrected chi connectivity index (χ0v) is 11.6. The van der Waals surface area contributed by atoms with Crippen molar-refractivity contribution in [2.24, 2.45) is 0 Å². The predicted octanol–water partition coefficient (Wildman–Crippen LogP) is 5.24. The van der Waals surface area contributed by atoms with Crippen molar-refractivity contribution in [1.82, 2.24) is 0 Å². The molecule has 15 heavy (non-hydrogen) atoms. The Hall–Kier alpha value is -0.430. The molecule has 1 heteroatoms. The van der Waals surface area contributed by atoms with E-state index in [4.69, 9.17) is 12.2 Å². The third-order valence-corrected chi connectivity index (χ3v) is 2.84. The van der Waals surface area contributed by atoms with Crippen molar-refractivity contribution in [3.63, 3.8) is 0 Å². The minimum Gasteiger partial charge on any atom is -0.0900 e. The number of hydrogen-bond donors (Lipinski definition) is 0. The van der Waals surface area contributed by atoms with Crippen molar-refractivity contribution < 1.29 is 0 Å². The maximum Gasteiger partial charge on any atom is -0.00993 e. The van der Waals surface area contributed by atoms with Gasteiger partial charge in [-0.2, -0.15) is 0 Å². The predicted molar refractivity (Wildman–Crippen MR) is 74.5 cm³/mol. The van der Waals surface area contributed by atoms with Crippen LogP contribution in [0.5, 0.6) is 0 Å². The summed E-state index contributed by atoms with van der Waals surface area (Å²) in [6, 6.07) is 0. The molecule has 0 aliphatic carbocycles. The number of thiocarbonyl (C=S) groups is 1. The van der Waals surface area contributed by atoms with Gasteiger partial charge in [0.1, 0.15) is 0 Å². The lowest BCUT2D eigenvalue weighted by atomic mass is 10.0. The van der Waals surface area contributed by atoms with Crippen molar-refractivity contribution in [3.8, 4) is 0 Å². The number of hydrogen-bond acceptors (Lipinski definition) is 1. The van der Waals surface area contributed by atoms with E-state index in [2.05, 4.69) is 33.8 Å². The van der Waals surface area contributed by atoms with Gasteiger partial charge in [-0.25, -0.2) is 0 Å². The van der Waals surface area contributed by atoms with Crippen LogP contribution in [0.25, 0.3) is 0 Å². The standard InChI is InChI=1S/C14H24S/c1-6-7-12(3)13(4)10-11(2)8-9-14(5)15/h10H,6-9H2,1-5H3. The average Bonchev–Trinajstić information content (AvgIpc) is 2.15. The van der Waals surface area contributed by atoms with Crippen LogP contribution in [0, 0.1) is 0 Å². The Labute approximate surface area is 100 Å². The summed E-state index contributed by atoms with van der Waals surface area (Å²) in [6.45, 7) is 10.9. The lowest BCUT2D eigenvalue weighted by molar-refractivity contribution is 0.893. The Bertz CT molecular complexity index is 269. The van der Waals surface area contributed by atoms with Crippen LogP contribution in [-0.4, -0.2) is 4.86 Å². The van der Waals surface area contributed by atoms with Crippen LogP contribution in [0.15, 0.2) is 22.8 Å². The summed E-state index contributed by atoms with van der Waals surface area (Å²) in [4.78, 5) is 1.11. The smallest absolute Gasteiger partial charge is 0.00993 e. The van der Waals surface area contributed by atoms with Gasteiger partial charge in [-0.15, -0.1) is 0 Å². The summed E-state index contributed by atoms with van der Waals surface area (Å²) in [5, 5.41) is 0. The average molecular weight is 224 g/mol. The third-order valence-electron chi connectivity index (χ3n) is 2.63. The quantitative estimate of drug-likeness (QED) is 0.439. The Morgan fingerprint density at radius 1 is 1.00 bits per heavy atom. The van der Waals surface area contributed by atoms with Crippen LogP contribution in [-0.2, 0) is 0 Å². The Morgan fingerprint density at radius 3 is 2.07 bits per heavy atom. The zero-order valence-electron chi connectivity index (χ0n) is 10.8. The molecule has 0 aliphatic heterocycles. The van der Waals surface area contributed by atoms with Gasteiger partial charge in [0.05, 0.1) is 0 Å². The highest BCUT2D eigenvalue weighted by molar-refractivity contribution is 7.80. The van der Waals surface area contributed by atoms with Crippen molar-refractivity contribution in [1.29, 1.82) is 0 Å². The maximum absolute atomic E-state index is 5.08. The van der Waals surface area contributed by atoms with Gasteiger partial charge < -0.3 is 0 Å². The fourth-order valence-electron chi connectivity index (χ4n) is 1.51. The van der Waals surface area contributed by atoms with Gasteiger partial charge in [0.25, 0.3) is 0 Å². The molecule has 0 saturated carbocycles. The number of allylic oxidation sites excluding steroid dienone is 4. The first-order valence-electron chi connectivity index (χ1n) is 5.80. The monoisotopic (exact) mass is 224 g/mol. The highest BCUT2D eigenvalue weighted by Crippen LogP contribution is 2.15. The Morgan fingerprint density at radius 2 is 1.60 bits per heavy atom. The molecule has 0 nitrogen and oxygen atoms in total. The van der Waals surface area contributed by atoms with Gasteiger partial charge in [0, 0.05) is 0 Å². The van der Waals surface area contributed by atoms with Crippen LogP contribution in [0.2, 0.25) is 0 Å². The second-order valence-corrected chi connectivity index (χ2v) is 5.10. The highest BCUT2D eigenvalue weighted by Gasteiger charge is 1.96. The SMILES string of the molecule is CCCC(C)=C(C)C=C(C)CCC(C)=S. The number of rotatable bonds is 6. The molecule has 0 amide bonds.